The molecule has 3 aromatic rings. The zero-order chi connectivity index (χ0) is 16.8. The molecular formula is C17H16BrN5OS. The van der Waals surface area contributed by atoms with Crippen molar-refractivity contribution < 1.29 is 4.79 Å². The Hall–Kier alpha value is -2.58. The highest BCUT2D eigenvalue weighted by atomic mass is 79.9. The third-order valence-corrected chi connectivity index (χ3v) is 3.83. The maximum absolute atomic E-state index is 11.0. The van der Waals surface area contributed by atoms with Crippen LogP contribution in [-0.2, 0) is 4.79 Å². The summed E-state index contributed by atoms with van der Waals surface area (Å²) in [6, 6.07) is 11.3. The van der Waals surface area contributed by atoms with Crippen molar-refractivity contribution in [3.05, 3.63) is 59.7 Å². The molecule has 3 rings (SSSR count). The van der Waals surface area contributed by atoms with Crippen LogP contribution in [0.2, 0.25) is 0 Å². The lowest BCUT2D eigenvalue weighted by molar-refractivity contribution is -0.114. The zero-order valence-electron chi connectivity index (χ0n) is 13.3. The number of anilines is 2. The fourth-order valence-electron chi connectivity index (χ4n) is 2.00. The van der Waals surface area contributed by atoms with Crippen LogP contribution in [0, 0.1) is 0 Å². The number of aromatic nitrogens is 2. The summed E-state index contributed by atoms with van der Waals surface area (Å²) in [5.41, 5.74) is 6.48. The first-order valence-electron chi connectivity index (χ1n) is 7.23. The minimum atomic E-state index is -0.0880. The maximum atomic E-state index is 11.0. The summed E-state index contributed by atoms with van der Waals surface area (Å²) in [6.45, 7) is 1.48. The molecule has 0 bridgehead atoms. The van der Waals surface area contributed by atoms with E-state index in [2.05, 4.69) is 25.8 Å². The van der Waals surface area contributed by atoms with Crippen molar-refractivity contribution in [1.29, 1.82) is 0 Å². The molecule has 2 heterocycles. The molecule has 1 amide bonds. The number of hydrogen-bond acceptors (Lipinski definition) is 6. The van der Waals surface area contributed by atoms with E-state index in [1.165, 1.54) is 18.3 Å². The fourth-order valence-corrected chi connectivity index (χ4v) is 2.67. The Bertz CT molecular complexity index is 849. The molecule has 128 valence electrons. The predicted molar refractivity (Wildman–Crippen MR) is 108 cm³/mol. The van der Waals surface area contributed by atoms with Crippen molar-refractivity contribution >= 4 is 51.3 Å². The van der Waals surface area contributed by atoms with Gasteiger partial charge in [0.2, 0.25) is 11.0 Å². The number of nitrogens with zero attached hydrogens (tertiary/aromatic N) is 3. The number of carbonyl (C=O) groups is 1. The quantitative estimate of drug-likeness (QED) is 0.481. The monoisotopic (exact) mass is 417 g/mol. The molecule has 0 radical (unpaired) electrons. The largest absolute Gasteiger partial charge is 0.326 e. The Balaban J connectivity index is 0.00000225. The number of hydrogen-bond donors (Lipinski definition) is 2. The number of carbonyl (C=O) groups excluding carboxylic acids is 1. The molecule has 0 fully saturated rings. The van der Waals surface area contributed by atoms with Crippen molar-refractivity contribution in [3.63, 3.8) is 0 Å². The van der Waals surface area contributed by atoms with Gasteiger partial charge in [-0.1, -0.05) is 12.1 Å². The van der Waals surface area contributed by atoms with E-state index in [9.17, 15) is 4.79 Å². The molecule has 6 nitrogen and oxygen atoms in total. The van der Waals surface area contributed by atoms with Gasteiger partial charge in [0, 0.05) is 35.9 Å². The highest BCUT2D eigenvalue weighted by Crippen LogP contribution is 2.26. The van der Waals surface area contributed by atoms with Gasteiger partial charge in [-0.3, -0.25) is 15.2 Å². The lowest BCUT2D eigenvalue weighted by Gasteiger charge is -2.02. The van der Waals surface area contributed by atoms with E-state index in [1.54, 1.807) is 18.6 Å². The van der Waals surface area contributed by atoms with Gasteiger partial charge < -0.3 is 5.32 Å². The topological polar surface area (TPSA) is 79.3 Å². The van der Waals surface area contributed by atoms with Crippen LogP contribution in [0.5, 0.6) is 0 Å². The van der Waals surface area contributed by atoms with E-state index in [-0.39, 0.29) is 22.9 Å². The minimum Gasteiger partial charge on any atom is -0.326 e. The van der Waals surface area contributed by atoms with Gasteiger partial charge >= 0.3 is 0 Å². The number of hydrazone groups is 1. The summed E-state index contributed by atoms with van der Waals surface area (Å²) in [5.74, 6) is -0.0880. The molecule has 0 aliphatic carbocycles. The highest BCUT2D eigenvalue weighted by molar-refractivity contribution is 8.93. The molecule has 0 saturated carbocycles. The SMILES string of the molecule is Br.CC(=O)Nc1ccc(-c2csc(N/N=C\c3ccncc3)n2)cc1. The third-order valence-electron chi connectivity index (χ3n) is 3.09. The van der Waals surface area contributed by atoms with E-state index in [0.717, 1.165) is 22.5 Å². The van der Waals surface area contributed by atoms with Gasteiger partial charge in [0.1, 0.15) is 0 Å². The Kier molecular flexibility index (Phi) is 6.79. The molecule has 0 aliphatic heterocycles. The first-order chi connectivity index (χ1) is 11.7. The zero-order valence-corrected chi connectivity index (χ0v) is 15.9. The third kappa shape index (κ3) is 5.47. The molecular weight excluding hydrogens is 402 g/mol. The van der Waals surface area contributed by atoms with Crippen molar-refractivity contribution in [2.75, 3.05) is 10.7 Å². The Labute approximate surface area is 159 Å². The van der Waals surface area contributed by atoms with Gasteiger partial charge in [-0.15, -0.1) is 28.3 Å². The van der Waals surface area contributed by atoms with Crippen LogP contribution >= 0.6 is 28.3 Å². The van der Waals surface area contributed by atoms with Crippen LogP contribution in [0.1, 0.15) is 12.5 Å². The second-order valence-electron chi connectivity index (χ2n) is 4.95. The number of rotatable bonds is 5. The second-order valence-corrected chi connectivity index (χ2v) is 5.81. The first-order valence-corrected chi connectivity index (χ1v) is 8.11. The summed E-state index contributed by atoms with van der Waals surface area (Å²) in [5, 5.41) is 9.57. The minimum absolute atomic E-state index is 0. The predicted octanol–water partition coefficient (Wildman–Crippen LogP) is 4.19. The highest BCUT2D eigenvalue weighted by Gasteiger charge is 2.04. The lowest BCUT2D eigenvalue weighted by atomic mass is 10.1. The van der Waals surface area contributed by atoms with E-state index in [4.69, 9.17) is 0 Å². The average molecular weight is 418 g/mol. The van der Waals surface area contributed by atoms with E-state index < -0.39 is 0 Å². The van der Waals surface area contributed by atoms with E-state index in [0.29, 0.717) is 5.13 Å². The molecule has 0 atom stereocenters. The average Bonchev–Trinajstić information content (AvgIpc) is 3.05. The smallest absolute Gasteiger partial charge is 0.221 e. The summed E-state index contributed by atoms with van der Waals surface area (Å²) < 4.78 is 0. The normalized spacial score (nSPS) is 10.3. The Morgan fingerprint density at radius 2 is 1.88 bits per heavy atom. The van der Waals surface area contributed by atoms with E-state index in [1.807, 2.05) is 41.8 Å². The van der Waals surface area contributed by atoms with Gasteiger partial charge in [-0.05, 0) is 29.8 Å². The molecule has 1 aromatic carbocycles. The lowest BCUT2D eigenvalue weighted by Crippen LogP contribution is -2.05. The van der Waals surface area contributed by atoms with Crippen LogP contribution in [0.15, 0.2) is 59.3 Å². The van der Waals surface area contributed by atoms with Crippen molar-refractivity contribution in [2.24, 2.45) is 5.10 Å². The Morgan fingerprint density at radius 3 is 2.56 bits per heavy atom. The van der Waals surface area contributed by atoms with Crippen LogP contribution in [0.3, 0.4) is 0 Å². The van der Waals surface area contributed by atoms with Gasteiger partial charge in [-0.25, -0.2) is 4.98 Å². The van der Waals surface area contributed by atoms with Crippen LogP contribution in [0.25, 0.3) is 11.3 Å². The van der Waals surface area contributed by atoms with Gasteiger partial charge in [0.15, 0.2) is 0 Å². The second kappa shape index (κ2) is 9.05. The first kappa shape index (κ1) is 18.8. The van der Waals surface area contributed by atoms with Gasteiger partial charge in [0.25, 0.3) is 0 Å². The number of amides is 1. The molecule has 2 N–H and O–H groups in total. The number of thiazole rings is 1. The fraction of sp³-hybridized carbons (Fsp3) is 0.0588. The number of nitrogens with one attached hydrogen (secondary N) is 2. The number of benzene rings is 1. The summed E-state index contributed by atoms with van der Waals surface area (Å²) in [7, 11) is 0. The molecule has 2 aromatic heterocycles. The number of halogens is 1. The van der Waals surface area contributed by atoms with Crippen LogP contribution in [0.4, 0.5) is 10.8 Å². The van der Waals surface area contributed by atoms with E-state index >= 15 is 0 Å². The number of pyridine rings is 1. The molecule has 0 aliphatic rings. The molecule has 25 heavy (non-hydrogen) atoms. The van der Waals surface area contributed by atoms with Crippen LogP contribution in [-0.4, -0.2) is 22.1 Å². The van der Waals surface area contributed by atoms with Crippen molar-refractivity contribution in [2.45, 2.75) is 6.92 Å². The summed E-state index contributed by atoms with van der Waals surface area (Å²) in [6.07, 6.45) is 5.14. The van der Waals surface area contributed by atoms with Gasteiger partial charge in [0.05, 0.1) is 11.9 Å². The summed E-state index contributed by atoms with van der Waals surface area (Å²) >= 11 is 1.48. The molecule has 8 heteroatoms. The summed E-state index contributed by atoms with van der Waals surface area (Å²) in [4.78, 5) is 19.5. The maximum Gasteiger partial charge on any atom is 0.221 e. The molecule has 0 spiro atoms. The standard InChI is InChI=1S/C17H15N5OS.BrH/c1-12(23)20-15-4-2-14(3-5-15)16-11-24-17(21-16)22-19-10-13-6-8-18-9-7-13;/h2-11H,1H3,(H,20,23)(H,21,22);1H/b19-10-;. The van der Waals surface area contributed by atoms with Gasteiger partial charge in [-0.2, -0.15) is 5.10 Å². The van der Waals surface area contributed by atoms with Crippen molar-refractivity contribution in [3.8, 4) is 11.3 Å². The van der Waals surface area contributed by atoms with Crippen molar-refractivity contribution in [1.82, 2.24) is 9.97 Å². The molecule has 0 saturated heterocycles. The van der Waals surface area contributed by atoms with Crippen LogP contribution < -0.4 is 10.7 Å². The molecule has 0 unspecified atom stereocenters. The Morgan fingerprint density at radius 1 is 1.16 bits per heavy atom.